The van der Waals surface area contributed by atoms with Gasteiger partial charge in [-0.1, -0.05) is 30.3 Å². The zero-order valence-corrected chi connectivity index (χ0v) is 17.6. The van der Waals surface area contributed by atoms with Crippen molar-refractivity contribution in [2.75, 3.05) is 33.9 Å². The first kappa shape index (κ1) is 20.3. The number of amides is 2. The minimum atomic E-state index is -0.242. The predicted molar refractivity (Wildman–Crippen MR) is 114 cm³/mol. The van der Waals surface area contributed by atoms with Gasteiger partial charge in [-0.05, 0) is 41.7 Å². The molecule has 1 unspecified atom stereocenters. The molecule has 2 aromatic rings. The van der Waals surface area contributed by atoms with Crippen LogP contribution in [0, 0.1) is 5.92 Å². The van der Waals surface area contributed by atoms with Crippen molar-refractivity contribution in [1.29, 1.82) is 0 Å². The molecule has 2 heterocycles. The third-order valence-electron chi connectivity index (χ3n) is 6.12. The molecule has 2 aliphatic rings. The molecule has 2 aromatic carbocycles. The number of benzene rings is 2. The normalized spacial score (nSPS) is 18.3. The van der Waals surface area contributed by atoms with Gasteiger partial charge in [-0.3, -0.25) is 9.59 Å². The summed E-state index contributed by atoms with van der Waals surface area (Å²) in [5.41, 5.74) is 3.61. The SMILES string of the molecule is COc1ccc(CCN2CC(C(=O)N3CCc4ccccc4C3)CC2=O)cc1OC. The number of fused-ring (bicyclic) bond motifs is 1. The van der Waals surface area contributed by atoms with E-state index in [-0.39, 0.29) is 17.7 Å². The first-order chi connectivity index (χ1) is 14.6. The highest BCUT2D eigenvalue weighted by molar-refractivity contribution is 5.89. The van der Waals surface area contributed by atoms with Gasteiger partial charge in [0, 0.05) is 32.6 Å². The molecule has 0 N–H and O–H groups in total. The smallest absolute Gasteiger partial charge is 0.228 e. The van der Waals surface area contributed by atoms with Crippen molar-refractivity contribution in [1.82, 2.24) is 9.80 Å². The molecule has 4 rings (SSSR count). The molecule has 2 aliphatic heterocycles. The molecular formula is C24H28N2O4. The summed E-state index contributed by atoms with van der Waals surface area (Å²) in [5.74, 6) is 1.29. The van der Waals surface area contributed by atoms with E-state index in [4.69, 9.17) is 9.47 Å². The quantitative estimate of drug-likeness (QED) is 0.737. The fourth-order valence-corrected chi connectivity index (χ4v) is 4.40. The molecule has 6 heteroatoms. The summed E-state index contributed by atoms with van der Waals surface area (Å²) in [6, 6.07) is 14.1. The second kappa shape index (κ2) is 8.78. The Morgan fingerprint density at radius 2 is 1.83 bits per heavy atom. The number of hydrogen-bond acceptors (Lipinski definition) is 4. The second-order valence-electron chi connectivity index (χ2n) is 7.96. The monoisotopic (exact) mass is 408 g/mol. The highest BCUT2D eigenvalue weighted by Crippen LogP contribution is 2.29. The van der Waals surface area contributed by atoms with E-state index in [0.717, 1.165) is 18.5 Å². The molecule has 1 atom stereocenters. The summed E-state index contributed by atoms with van der Waals surface area (Å²) in [4.78, 5) is 29.3. The molecule has 1 saturated heterocycles. The molecular weight excluding hydrogens is 380 g/mol. The largest absolute Gasteiger partial charge is 0.493 e. The van der Waals surface area contributed by atoms with Crippen molar-refractivity contribution in [3.05, 3.63) is 59.2 Å². The maximum atomic E-state index is 13.0. The number of likely N-dealkylation sites (tertiary alicyclic amines) is 1. The van der Waals surface area contributed by atoms with Gasteiger partial charge in [0.1, 0.15) is 0 Å². The van der Waals surface area contributed by atoms with E-state index in [9.17, 15) is 9.59 Å². The topological polar surface area (TPSA) is 59.1 Å². The third kappa shape index (κ3) is 4.13. The van der Waals surface area contributed by atoms with Crippen LogP contribution in [0.15, 0.2) is 42.5 Å². The Morgan fingerprint density at radius 3 is 2.60 bits per heavy atom. The van der Waals surface area contributed by atoms with Crippen molar-refractivity contribution in [2.24, 2.45) is 5.92 Å². The zero-order valence-electron chi connectivity index (χ0n) is 17.6. The zero-order chi connectivity index (χ0) is 21.1. The van der Waals surface area contributed by atoms with Crippen LogP contribution in [0.2, 0.25) is 0 Å². The van der Waals surface area contributed by atoms with Crippen LogP contribution in [0.1, 0.15) is 23.1 Å². The Kier molecular flexibility index (Phi) is 5.93. The molecule has 158 valence electrons. The number of rotatable bonds is 6. The van der Waals surface area contributed by atoms with Gasteiger partial charge in [-0.25, -0.2) is 0 Å². The molecule has 0 aliphatic carbocycles. The van der Waals surface area contributed by atoms with Crippen LogP contribution < -0.4 is 9.47 Å². The molecule has 2 amide bonds. The van der Waals surface area contributed by atoms with Crippen LogP contribution in [0.4, 0.5) is 0 Å². The van der Waals surface area contributed by atoms with Gasteiger partial charge in [0.25, 0.3) is 0 Å². The van der Waals surface area contributed by atoms with Gasteiger partial charge >= 0.3 is 0 Å². The number of ether oxygens (including phenoxy) is 2. The van der Waals surface area contributed by atoms with E-state index in [0.29, 0.717) is 44.0 Å². The van der Waals surface area contributed by atoms with E-state index < -0.39 is 0 Å². The van der Waals surface area contributed by atoms with Crippen molar-refractivity contribution in [3.8, 4) is 11.5 Å². The summed E-state index contributed by atoms with van der Waals surface area (Å²) < 4.78 is 10.6. The summed E-state index contributed by atoms with van der Waals surface area (Å²) in [5, 5.41) is 0. The summed E-state index contributed by atoms with van der Waals surface area (Å²) >= 11 is 0. The molecule has 30 heavy (non-hydrogen) atoms. The number of hydrogen-bond donors (Lipinski definition) is 0. The summed E-state index contributed by atoms with van der Waals surface area (Å²) in [6.45, 7) is 2.47. The van der Waals surface area contributed by atoms with Crippen LogP contribution in [0.25, 0.3) is 0 Å². The Morgan fingerprint density at radius 1 is 1.07 bits per heavy atom. The standard InChI is InChI=1S/C24H28N2O4/c1-29-21-8-7-17(13-22(21)30-2)9-11-25-16-20(14-23(25)27)24(28)26-12-10-18-5-3-4-6-19(18)15-26/h3-8,13,20H,9-12,14-16H2,1-2H3. The summed E-state index contributed by atoms with van der Waals surface area (Å²) in [7, 11) is 3.22. The van der Waals surface area contributed by atoms with Crippen molar-refractivity contribution < 1.29 is 19.1 Å². The van der Waals surface area contributed by atoms with E-state index in [1.807, 2.05) is 40.1 Å². The fourth-order valence-electron chi connectivity index (χ4n) is 4.40. The van der Waals surface area contributed by atoms with Crippen LogP contribution in [-0.4, -0.2) is 55.5 Å². The Bertz CT molecular complexity index is 943. The van der Waals surface area contributed by atoms with Gasteiger partial charge in [-0.15, -0.1) is 0 Å². The van der Waals surface area contributed by atoms with E-state index in [1.165, 1.54) is 11.1 Å². The molecule has 1 fully saturated rings. The number of methoxy groups -OCH3 is 2. The van der Waals surface area contributed by atoms with Crippen molar-refractivity contribution >= 4 is 11.8 Å². The summed E-state index contributed by atoms with van der Waals surface area (Å²) in [6.07, 6.45) is 1.90. The van der Waals surface area contributed by atoms with Gasteiger partial charge in [-0.2, -0.15) is 0 Å². The van der Waals surface area contributed by atoms with Gasteiger partial charge in [0.05, 0.1) is 20.1 Å². The maximum Gasteiger partial charge on any atom is 0.228 e. The second-order valence-corrected chi connectivity index (χ2v) is 7.96. The molecule has 6 nitrogen and oxygen atoms in total. The van der Waals surface area contributed by atoms with Gasteiger partial charge < -0.3 is 19.3 Å². The lowest BCUT2D eigenvalue weighted by atomic mass is 9.98. The van der Waals surface area contributed by atoms with Crippen molar-refractivity contribution in [2.45, 2.75) is 25.8 Å². The first-order valence-corrected chi connectivity index (χ1v) is 10.4. The molecule has 0 aromatic heterocycles. The minimum Gasteiger partial charge on any atom is -0.493 e. The third-order valence-corrected chi connectivity index (χ3v) is 6.12. The van der Waals surface area contributed by atoms with E-state index in [2.05, 4.69) is 12.1 Å². The lowest BCUT2D eigenvalue weighted by Crippen LogP contribution is -2.40. The lowest BCUT2D eigenvalue weighted by molar-refractivity contribution is -0.136. The van der Waals surface area contributed by atoms with E-state index >= 15 is 0 Å². The minimum absolute atomic E-state index is 0.0613. The molecule has 0 bridgehead atoms. The predicted octanol–water partition coefficient (Wildman–Crippen LogP) is 2.68. The lowest BCUT2D eigenvalue weighted by Gasteiger charge is -2.30. The van der Waals surface area contributed by atoms with Crippen LogP contribution in [0.5, 0.6) is 11.5 Å². The van der Waals surface area contributed by atoms with Crippen LogP contribution in [0.3, 0.4) is 0 Å². The Labute approximate surface area is 177 Å². The van der Waals surface area contributed by atoms with Crippen molar-refractivity contribution in [3.63, 3.8) is 0 Å². The number of nitrogens with zero attached hydrogens (tertiary/aromatic N) is 2. The van der Waals surface area contributed by atoms with E-state index in [1.54, 1.807) is 14.2 Å². The fraction of sp³-hybridized carbons (Fsp3) is 0.417. The highest BCUT2D eigenvalue weighted by atomic mass is 16.5. The Hall–Kier alpha value is -3.02. The highest BCUT2D eigenvalue weighted by Gasteiger charge is 2.37. The average Bonchev–Trinajstić information content (AvgIpc) is 3.17. The van der Waals surface area contributed by atoms with Gasteiger partial charge in [0.2, 0.25) is 11.8 Å². The average molecular weight is 408 g/mol. The molecule has 0 saturated carbocycles. The van der Waals surface area contributed by atoms with Crippen LogP contribution >= 0.6 is 0 Å². The number of carbonyl (C=O) groups excluding carboxylic acids is 2. The number of carbonyl (C=O) groups is 2. The van der Waals surface area contributed by atoms with Crippen LogP contribution in [-0.2, 0) is 29.0 Å². The first-order valence-electron chi connectivity index (χ1n) is 10.4. The molecule has 0 spiro atoms. The molecule has 0 radical (unpaired) electrons. The van der Waals surface area contributed by atoms with Gasteiger partial charge in [0.15, 0.2) is 11.5 Å². The maximum absolute atomic E-state index is 13.0. The Balaban J connectivity index is 1.35.